The molecule has 5 nitrogen and oxygen atoms in total. The SMILES string of the molecule is O=C(Nc1ccc2c(c1)OCO2)c1c2c(nc3ccccc13)C(=Cc1ccccc1)CCC2. The second kappa shape index (κ2) is 8.10. The highest BCUT2D eigenvalue weighted by molar-refractivity contribution is 6.14. The number of hydrogen-bond acceptors (Lipinski definition) is 4. The van der Waals surface area contributed by atoms with E-state index in [4.69, 9.17) is 14.5 Å². The summed E-state index contributed by atoms with van der Waals surface area (Å²) in [5, 5.41) is 3.94. The van der Waals surface area contributed by atoms with E-state index < -0.39 is 0 Å². The summed E-state index contributed by atoms with van der Waals surface area (Å²) in [6.45, 7) is 0.200. The van der Waals surface area contributed by atoms with Crippen LogP contribution in [0.4, 0.5) is 5.69 Å². The maximum Gasteiger partial charge on any atom is 0.256 e. The fourth-order valence-corrected chi connectivity index (χ4v) is 4.65. The van der Waals surface area contributed by atoms with Crippen molar-refractivity contribution in [2.75, 3.05) is 12.1 Å². The lowest BCUT2D eigenvalue weighted by Gasteiger charge is -2.23. The van der Waals surface area contributed by atoms with E-state index in [9.17, 15) is 4.79 Å². The Kier molecular flexibility index (Phi) is 4.80. The molecule has 2 heterocycles. The van der Waals surface area contributed by atoms with Gasteiger partial charge in [0.15, 0.2) is 11.5 Å². The zero-order valence-corrected chi connectivity index (χ0v) is 18.0. The van der Waals surface area contributed by atoms with Crippen LogP contribution >= 0.6 is 0 Å². The molecule has 0 saturated carbocycles. The topological polar surface area (TPSA) is 60.5 Å². The maximum absolute atomic E-state index is 13.6. The Balaban J connectivity index is 1.46. The van der Waals surface area contributed by atoms with Gasteiger partial charge in [-0.1, -0.05) is 48.5 Å². The van der Waals surface area contributed by atoms with Crippen molar-refractivity contribution < 1.29 is 14.3 Å². The highest BCUT2D eigenvalue weighted by Gasteiger charge is 2.25. The third-order valence-corrected chi connectivity index (χ3v) is 6.17. The standard InChI is InChI=1S/C28H22N2O3/c31-28(29-20-13-14-24-25(16-20)33-17-32-24)26-21-10-4-5-12-23(21)30-27-19(9-6-11-22(26)27)15-18-7-2-1-3-8-18/h1-5,7-8,10,12-16H,6,9,11,17H2,(H,29,31). The molecule has 0 saturated heterocycles. The molecule has 0 radical (unpaired) electrons. The number of anilines is 1. The molecule has 0 unspecified atom stereocenters. The second-order valence-electron chi connectivity index (χ2n) is 8.29. The molecule has 2 aliphatic rings. The summed E-state index contributed by atoms with van der Waals surface area (Å²) in [6.07, 6.45) is 4.94. The molecule has 3 aromatic carbocycles. The summed E-state index contributed by atoms with van der Waals surface area (Å²) in [6, 6.07) is 23.6. The van der Waals surface area contributed by atoms with Crippen LogP contribution in [0.25, 0.3) is 22.6 Å². The number of carbonyl (C=O) groups is 1. The number of rotatable bonds is 3. The normalized spacial score (nSPS) is 15.5. The third kappa shape index (κ3) is 3.61. The molecular formula is C28H22N2O3. The molecule has 5 heteroatoms. The van der Waals surface area contributed by atoms with Gasteiger partial charge in [-0.2, -0.15) is 0 Å². The number of ether oxygens (including phenoxy) is 2. The number of amides is 1. The molecule has 6 rings (SSSR count). The zero-order valence-electron chi connectivity index (χ0n) is 18.0. The third-order valence-electron chi connectivity index (χ3n) is 6.17. The Bertz CT molecular complexity index is 1410. The number of pyridine rings is 1. The monoisotopic (exact) mass is 434 g/mol. The van der Waals surface area contributed by atoms with Crippen molar-refractivity contribution in [2.45, 2.75) is 19.3 Å². The molecule has 1 N–H and O–H groups in total. The van der Waals surface area contributed by atoms with Crippen LogP contribution in [-0.4, -0.2) is 17.7 Å². The Morgan fingerprint density at radius 3 is 2.64 bits per heavy atom. The van der Waals surface area contributed by atoms with E-state index >= 15 is 0 Å². The Labute approximate surface area is 191 Å². The van der Waals surface area contributed by atoms with E-state index in [-0.39, 0.29) is 12.7 Å². The fourth-order valence-electron chi connectivity index (χ4n) is 4.65. The van der Waals surface area contributed by atoms with Crippen molar-refractivity contribution >= 4 is 34.1 Å². The highest BCUT2D eigenvalue weighted by Crippen LogP contribution is 2.37. The first-order valence-corrected chi connectivity index (χ1v) is 11.1. The summed E-state index contributed by atoms with van der Waals surface area (Å²) in [4.78, 5) is 18.6. The summed E-state index contributed by atoms with van der Waals surface area (Å²) < 4.78 is 10.9. The van der Waals surface area contributed by atoms with Crippen LogP contribution in [0.15, 0.2) is 72.8 Å². The predicted molar refractivity (Wildman–Crippen MR) is 130 cm³/mol. The van der Waals surface area contributed by atoms with Crippen molar-refractivity contribution in [3.8, 4) is 11.5 Å². The predicted octanol–water partition coefficient (Wildman–Crippen LogP) is 6.09. The molecule has 33 heavy (non-hydrogen) atoms. The van der Waals surface area contributed by atoms with Crippen LogP contribution in [-0.2, 0) is 6.42 Å². The van der Waals surface area contributed by atoms with Crippen LogP contribution in [0.3, 0.4) is 0 Å². The zero-order chi connectivity index (χ0) is 22.2. The number of para-hydroxylation sites is 1. The smallest absolute Gasteiger partial charge is 0.256 e. The largest absolute Gasteiger partial charge is 0.454 e. The van der Waals surface area contributed by atoms with Gasteiger partial charge in [-0.25, -0.2) is 4.98 Å². The number of carbonyl (C=O) groups excluding carboxylic acids is 1. The number of nitrogens with one attached hydrogen (secondary N) is 1. The van der Waals surface area contributed by atoms with Crippen LogP contribution in [0, 0.1) is 0 Å². The minimum absolute atomic E-state index is 0.135. The van der Waals surface area contributed by atoms with Crippen molar-refractivity contribution in [3.05, 3.63) is 95.2 Å². The fraction of sp³-hybridized carbons (Fsp3) is 0.143. The van der Waals surface area contributed by atoms with Crippen LogP contribution in [0.2, 0.25) is 0 Å². The van der Waals surface area contributed by atoms with Gasteiger partial charge >= 0.3 is 0 Å². The Morgan fingerprint density at radius 1 is 0.909 bits per heavy atom. The number of allylic oxidation sites excluding steroid dienone is 1. The lowest BCUT2D eigenvalue weighted by molar-refractivity contribution is 0.102. The van der Waals surface area contributed by atoms with E-state index in [2.05, 4.69) is 23.5 Å². The van der Waals surface area contributed by atoms with Crippen molar-refractivity contribution in [1.82, 2.24) is 4.98 Å². The Morgan fingerprint density at radius 2 is 1.73 bits per heavy atom. The van der Waals surface area contributed by atoms with Gasteiger partial charge in [-0.15, -0.1) is 0 Å². The molecule has 1 amide bonds. The van der Waals surface area contributed by atoms with Crippen molar-refractivity contribution in [2.24, 2.45) is 0 Å². The van der Waals surface area contributed by atoms with Gasteiger partial charge < -0.3 is 14.8 Å². The van der Waals surface area contributed by atoms with Gasteiger partial charge in [0.1, 0.15) is 0 Å². The average Bonchev–Trinajstić information content (AvgIpc) is 3.31. The number of fused-ring (bicyclic) bond motifs is 3. The Hall–Kier alpha value is -4.12. The summed E-state index contributed by atoms with van der Waals surface area (Å²) >= 11 is 0. The molecule has 0 spiro atoms. The minimum Gasteiger partial charge on any atom is -0.454 e. The molecule has 1 aliphatic heterocycles. The molecule has 0 atom stereocenters. The average molecular weight is 434 g/mol. The number of benzene rings is 3. The van der Waals surface area contributed by atoms with Gasteiger partial charge in [0, 0.05) is 17.1 Å². The first kappa shape index (κ1) is 19.6. The molecule has 1 aliphatic carbocycles. The van der Waals surface area contributed by atoms with Gasteiger partial charge in [0.2, 0.25) is 6.79 Å². The molecule has 4 aromatic rings. The van der Waals surface area contributed by atoms with Gasteiger partial charge in [-0.3, -0.25) is 4.79 Å². The molecule has 0 bridgehead atoms. The van der Waals surface area contributed by atoms with E-state index in [0.29, 0.717) is 22.7 Å². The maximum atomic E-state index is 13.6. The highest BCUT2D eigenvalue weighted by atomic mass is 16.7. The number of hydrogen-bond donors (Lipinski definition) is 1. The van der Waals surface area contributed by atoms with E-state index in [1.165, 1.54) is 5.57 Å². The van der Waals surface area contributed by atoms with Crippen molar-refractivity contribution in [1.29, 1.82) is 0 Å². The quantitative estimate of drug-likeness (QED) is 0.424. The first-order chi connectivity index (χ1) is 16.3. The van der Waals surface area contributed by atoms with Crippen LogP contribution < -0.4 is 14.8 Å². The first-order valence-electron chi connectivity index (χ1n) is 11.1. The lowest BCUT2D eigenvalue weighted by Crippen LogP contribution is -2.19. The van der Waals surface area contributed by atoms with E-state index in [0.717, 1.165) is 47.0 Å². The van der Waals surface area contributed by atoms with E-state index in [1.54, 1.807) is 6.07 Å². The van der Waals surface area contributed by atoms with Crippen LogP contribution in [0.1, 0.15) is 40.0 Å². The second-order valence-corrected chi connectivity index (χ2v) is 8.29. The minimum atomic E-state index is -0.135. The van der Waals surface area contributed by atoms with Crippen molar-refractivity contribution in [3.63, 3.8) is 0 Å². The summed E-state index contributed by atoms with van der Waals surface area (Å²) in [5.41, 5.74) is 6.46. The van der Waals surface area contributed by atoms with Gasteiger partial charge in [0.25, 0.3) is 5.91 Å². The van der Waals surface area contributed by atoms with E-state index in [1.807, 2.05) is 54.6 Å². The summed E-state index contributed by atoms with van der Waals surface area (Å²) in [5.74, 6) is 1.20. The van der Waals surface area contributed by atoms with Crippen LogP contribution in [0.5, 0.6) is 11.5 Å². The summed E-state index contributed by atoms with van der Waals surface area (Å²) in [7, 11) is 0. The molecule has 162 valence electrons. The van der Waals surface area contributed by atoms with Gasteiger partial charge in [0.05, 0.1) is 16.8 Å². The number of nitrogens with zero attached hydrogens (tertiary/aromatic N) is 1. The lowest BCUT2D eigenvalue weighted by atomic mass is 9.85. The van der Waals surface area contributed by atoms with Gasteiger partial charge in [-0.05, 0) is 60.2 Å². The molecule has 1 aromatic heterocycles. The number of aromatic nitrogens is 1. The molecular weight excluding hydrogens is 412 g/mol. The molecule has 0 fully saturated rings.